The Kier molecular flexibility index (Phi) is 5.47. The molecule has 3 unspecified atom stereocenters. The minimum absolute atomic E-state index is 0.135. The molecule has 3 N–H and O–H groups in total. The standard InChI is InChI=1S/C21H26N2O3/c1-4-25-19-11-16-10-13(2)26-18(16)12-17(19)23-21(24)14(3)20(22)15-8-6-5-7-9-15/h5-9,11-14,20H,4,10,22H2,1-3H3,(H,23,24). The molecule has 1 aliphatic rings. The molecule has 5 nitrogen and oxygen atoms in total. The maximum atomic E-state index is 12.8. The topological polar surface area (TPSA) is 73.6 Å². The monoisotopic (exact) mass is 354 g/mol. The minimum Gasteiger partial charge on any atom is -0.492 e. The van der Waals surface area contributed by atoms with Crippen LogP contribution in [0.15, 0.2) is 42.5 Å². The molecule has 2 aromatic carbocycles. The first-order chi connectivity index (χ1) is 12.5. The number of nitrogens with two attached hydrogens (primary N) is 1. The second kappa shape index (κ2) is 7.79. The van der Waals surface area contributed by atoms with E-state index in [1.54, 1.807) is 0 Å². The molecule has 1 heterocycles. The smallest absolute Gasteiger partial charge is 0.229 e. The molecule has 3 rings (SSSR count). The van der Waals surface area contributed by atoms with Crippen molar-refractivity contribution >= 4 is 11.6 Å². The summed E-state index contributed by atoms with van der Waals surface area (Å²) in [5.41, 5.74) is 8.94. The lowest BCUT2D eigenvalue weighted by Crippen LogP contribution is -2.30. The van der Waals surface area contributed by atoms with Crippen LogP contribution < -0.4 is 20.5 Å². The van der Waals surface area contributed by atoms with Crippen molar-refractivity contribution in [1.82, 2.24) is 0 Å². The van der Waals surface area contributed by atoms with Gasteiger partial charge in [0.2, 0.25) is 5.91 Å². The molecular formula is C21H26N2O3. The second-order valence-electron chi connectivity index (χ2n) is 6.74. The molecule has 5 heteroatoms. The quantitative estimate of drug-likeness (QED) is 0.830. The fourth-order valence-electron chi connectivity index (χ4n) is 3.19. The number of nitrogens with one attached hydrogen (secondary N) is 1. The van der Waals surface area contributed by atoms with Crippen molar-refractivity contribution in [1.29, 1.82) is 0 Å². The molecule has 0 saturated carbocycles. The Morgan fingerprint density at radius 2 is 2.08 bits per heavy atom. The Balaban J connectivity index is 1.79. The van der Waals surface area contributed by atoms with Gasteiger partial charge in [0.1, 0.15) is 17.6 Å². The van der Waals surface area contributed by atoms with Crippen LogP contribution in [0.4, 0.5) is 5.69 Å². The summed E-state index contributed by atoms with van der Waals surface area (Å²) in [5, 5.41) is 2.97. The van der Waals surface area contributed by atoms with E-state index in [9.17, 15) is 4.79 Å². The fraction of sp³-hybridized carbons (Fsp3) is 0.381. The normalized spacial score (nSPS) is 17.8. The van der Waals surface area contributed by atoms with Gasteiger partial charge in [0.05, 0.1) is 18.2 Å². The van der Waals surface area contributed by atoms with E-state index in [0.29, 0.717) is 18.0 Å². The zero-order valence-corrected chi connectivity index (χ0v) is 15.5. The third-order valence-corrected chi connectivity index (χ3v) is 4.69. The van der Waals surface area contributed by atoms with Crippen LogP contribution in [0.5, 0.6) is 11.5 Å². The van der Waals surface area contributed by atoms with Crippen molar-refractivity contribution < 1.29 is 14.3 Å². The van der Waals surface area contributed by atoms with E-state index in [0.717, 1.165) is 23.3 Å². The molecule has 138 valence electrons. The summed E-state index contributed by atoms with van der Waals surface area (Å²) >= 11 is 0. The lowest BCUT2D eigenvalue weighted by atomic mass is 9.94. The van der Waals surface area contributed by atoms with E-state index in [4.69, 9.17) is 15.2 Å². The summed E-state index contributed by atoms with van der Waals surface area (Å²) < 4.78 is 11.5. The first kappa shape index (κ1) is 18.3. The van der Waals surface area contributed by atoms with E-state index in [-0.39, 0.29) is 24.0 Å². The Labute approximate surface area is 154 Å². The first-order valence-electron chi connectivity index (χ1n) is 9.07. The Morgan fingerprint density at radius 3 is 2.77 bits per heavy atom. The summed E-state index contributed by atoms with van der Waals surface area (Å²) in [4.78, 5) is 12.8. The van der Waals surface area contributed by atoms with Crippen molar-refractivity contribution in [3.8, 4) is 11.5 Å². The zero-order valence-electron chi connectivity index (χ0n) is 15.5. The molecule has 3 atom stereocenters. The molecule has 1 amide bonds. The van der Waals surface area contributed by atoms with Gasteiger partial charge in [-0.05, 0) is 25.5 Å². The van der Waals surface area contributed by atoms with Gasteiger partial charge in [-0.2, -0.15) is 0 Å². The number of rotatable bonds is 6. The van der Waals surface area contributed by atoms with E-state index in [1.807, 2.05) is 63.2 Å². The third-order valence-electron chi connectivity index (χ3n) is 4.69. The minimum atomic E-state index is -0.389. The molecule has 1 aliphatic heterocycles. The highest BCUT2D eigenvalue weighted by molar-refractivity contribution is 5.94. The van der Waals surface area contributed by atoms with Crippen LogP contribution in [-0.2, 0) is 11.2 Å². The third kappa shape index (κ3) is 3.83. The van der Waals surface area contributed by atoms with E-state index >= 15 is 0 Å². The number of anilines is 1. The molecule has 0 bridgehead atoms. The molecular weight excluding hydrogens is 328 g/mol. The van der Waals surface area contributed by atoms with Crippen LogP contribution in [0.3, 0.4) is 0 Å². The van der Waals surface area contributed by atoms with Gasteiger partial charge < -0.3 is 20.5 Å². The van der Waals surface area contributed by atoms with Gasteiger partial charge in [-0.25, -0.2) is 0 Å². The van der Waals surface area contributed by atoms with E-state index in [1.165, 1.54) is 0 Å². The van der Waals surface area contributed by atoms with Crippen LogP contribution >= 0.6 is 0 Å². The first-order valence-corrected chi connectivity index (χ1v) is 9.07. The van der Waals surface area contributed by atoms with Gasteiger partial charge in [0.15, 0.2) is 0 Å². The van der Waals surface area contributed by atoms with Crippen LogP contribution in [0, 0.1) is 5.92 Å². The van der Waals surface area contributed by atoms with Gasteiger partial charge in [-0.3, -0.25) is 4.79 Å². The van der Waals surface area contributed by atoms with E-state index in [2.05, 4.69) is 5.32 Å². The van der Waals surface area contributed by atoms with Gasteiger partial charge in [-0.15, -0.1) is 0 Å². The molecule has 0 radical (unpaired) electrons. The maximum Gasteiger partial charge on any atom is 0.229 e. The Bertz CT molecular complexity index is 776. The molecule has 0 saturated heterocycles. The average Bonchev–Trinajstić information content (AvgIpc) is 3.00. The molecule has 0 aromatic heterocycles. The molecule has 0 fully saturated rings. The SMILES string of the molecule is CCOc1cc2c(cc1NC(=O)C(C)C(N)c1ccccc1)OC(C)C2. The van der Waals surface area contributed by atoms with E-state index < -0.39 is 0 Å². The van der Waals surface area contributed by atoms with Crippen LogP contribution in [0.1, 0.15) is 37.9 Å². The van der Waals surface area contributed by atoms with Gasteiger partial charge >= 0.3 is 0 Å². The number of benzene rings is 2. The summed E-state index contributed by atoms with van der Waals surface area (Å²) in [6.07, 6.45) is 0.981. The van der Waals surface area contributed by atoms with Crippen LogP contribution in [0.2, 0.25) is 0 Å². The zero-order chi connectivity index (χ0) is 18.7. The highest BCUT2D eigenvalue weighted by atomic mass is 16.5. The van der Waals surface area contributed by atoms with Gasteiger partial charge in [0.25, 0.3) is 0 Å². The molecule has 0 aliphatic carbocycles. The Morgan fingerprint density at radius 1 is 1.35 bits per heavy atom. The number of ether oxygens (including phenoxy) is 2. The van der Waals surface area contributed by atoms with Crippen molar-refractivity contribution in [2.24, 2.45) is 11.7 Å². The highest BCUT2D eigenvalue weighted by Crippen LogP contribution is 2.38. The predicted octanol–water partition coefficient (Wildman–Crippen LogP) is 3.68. The summed E-state index contributed by atoms with van der Waals surface area (Å²) in [7, 11) is 0. The largest absolute Gasteiger partial charge is 0.492 e. The number of amides is 1. The summed E-state index contributed by atoms with van der Waals surface area (Å²) in [5.74, 6) is 0.933. The highest BCUT2D eigenvalue weighted by Gasteiger charge is 2.26. The fourth-order valence-corrected chi connectivity index (χ4v) is 3.19. The lowest BCUT2D eigenvalue weighted by Gasteiger charge is -2.21. The van der Waals surface area contributed by atoms with Crippen LogP contribution in [-0.4, -0.2) is 18.6 Å². The Hall–Kier alpha value is -2.53. The molecule has 2 aromatic rings. The average molecular weight is 354 g/mol. The van der Waals surface area contributed by atoms with Crippen molar-refractivity contribution in [2.75, 3.05) is 11.9 Å². The number of carbonyl (C=O) groups is 1. The maximum absolute atomic E-state index is 12.8. The number of hydrogen-bond acceptors (Lipinski definition) is 4. The van der Waals surface area contributed by atoms with Crippen LogP contribution in [0.25, 0.3) is 0 Å². The van der Waals surface area contributed by atoms with Crippen molar-refractivity contribution in [3.05, 3.63) is 53.6 Å². The van der Waals surface area contributed by atoms with Gasteiger partial charge in [0, 0.05) is 24.1 Å². The molecule has 26 heavy (non-hydrogen) atoms. The predicted molar refractivity (Wildman–Crippen MR) is 103 cm³/mol. The summed E-state index contributed by atoms with van der Waals surface area (Å²) in [6, 6.07) is 13.1. The summed E-state index contributed by atoms with van der Waals surface area (Å²) in [6.45, 7) is 6.31. The number of fused-ring (bicyclic) bond motifs is 1. The lowest BCUT2D eigenvalue weighted by molar-refractivity contribution is -0.120. The molecule has 0 spiro atoms. The second-order valence-corrected chi connectivity index (χ2v) is 6.74. The number of hydrogen-bond donors (Lipinski definition) is 2. The van der Waals surface area contributed by atoms with Gasteiger partial charge in [-0.1, -0.05) is 37.3 Å². The number of carbonyl (C=O) groups excluding carboxylic acids is 1. The van der Waals surface area contributed by atoms with Crippen molar-refractivity contribution in [3.63, 3.8) is 0 Å². The van der Waals surface area contributed by atoms with Crippen molar-refractivity contribution in [2.45, 2.75) is 39.3 Å².